The van der Waals surface area contributed by atoms with Crippen molar-refractivity contribution in [1.29, 1.82) is 0 Å². The molecular weight excluding hydrogens is 196 g/mol. The average Bonchev–Trinajstić information content (AvgIpc) is 2.12. The fourth-order valence-electron chi connectivity index (χ4n) is 1.19. The summed E-state index contributed by atoms with van der Waals surface area (Å²) in [6.07, 6.45) is 1.75. The van der Waals surface area contributed by atoms with E-state index in [1.54, 1.807) is 23.8 Å². The maximum atomic E-state index is 11.6. The lowest BCUT2D eigenvalue weighted by molar-refractivity contribution is 0.579. The fraction of sp³-hybridized carbons (Fsp3) is 0.400. The Hall–Kier alpha value is -1.16. The van der Waals surface area contributed by atoms with Gasteiger partial charge in [-0.05, 0) is 13.0 Å². The van der Waals surface area contributed by atoms with Crippen LogP contribution in [0, 0.1) is 12.8 Å². The molecule has 0 aliphatic heterocycles. The van der Waals surface area contributed by atoms with Crippen molar-refractivity contribution in [3.63, 3.8) is 0 Å². The lowest BCUT2D eigenvalue weighted by Crippen LogP contribution is -2.29. The van der Waals surface area contributed by atoms with Gasteiger partial charge >= 0.3 is 0 Å². The molecule has 0 saturated heterocycles. The fourth-order valence-corrected chi connectivity index (χ4v) is 1.26. The van der Waals surface area contributed by atoms with E-state index in [0.29, 0.717) is 11.5 Å². The first-order chi connectivity index (χ1) is 6.52. The van der Waals surface area contributed by atoms with Crippen LogP contribution in [-0.4, -0.2) is 9.56 Å². The first-order valence-electron chi connectivity index (χ1n) is 4.47. The highest BCUT2D eigenvalue weighted by molar-refractivity contribution is 7.80. The van der Waals surface area contributed by atoms with E-state index >= 15 is 0 Å². The predicted octanol–water partition coefficient (Wildman–Crippen LogP) is 1.08. The van der Waals surface area contributed by atoms with Gasteiger partial charge in [0.05, 0.1) is 4.99 Å². The largest absolute Gasteiger partial charge is 0.393 e. The Balaban J connectivity index is 2.93. The van der Waals surface area contributed by atoms with Crippen LogP contribution in [0.3, 0.4) is 0 Å². The van der Waals surface area contributed by atoms with Crippen LogP contribution >= 0.6 is 12.2 Å². The highest BCUT2D eigenvalue weighted by Gasteiger charge is 2.07. The SMILES string of the molecule is Cc1cccn(CC(C)C(N)=S)c1=O. The molecule has 0 amide bonds. The standard InChI is InChI=1S/C10H14N2OS/c1-7-4-3-5-12(10(7)13)6-8(2)9(11)14/h3-5,8H,6H2,1-2H3,(H2,11,14). The number of nitrogens with two attached hydrogens (primary N) is 1. The van der Waals surface area contributed by atoms with E-state index in [-0.39, 0.29) is 11.5 Å². The Labute approximate surface area is 88.5 Å². The van der Waals surface area contributed by atoms with E-state index < -0.39 is 0 Å². The van der Waals surface area contributed by atoms with Crippen LogP contribution in [0.5, 0.6) is 0 Å². The van der Waals surface area contributed by atoms with E-state index in [9.17, 15) is 4.79 Å². The highest BCUT2D eigenvalue weighted by atomic mass is 32.1. The normalized spacial score (nSPS) is 12.4. The molecule has 0 aliphatic carbocycles. The van der Waals surface area contributed by atoms with Crippen molar-refractivity contribution in [2.75, 3.05) is 0 Å². The number of thiocarbonyl (C=S) groups is 1. The van der Waals surface area contributed by atoms with Crippen LogP contribution in [0.1, 0.15) is 12.5 Å². The molecule has 0 fully saturated rings. The van der Waals surface area contributed by atoms with Crippen LogP contribution in [0.2, 0.25) is 0 Å². The van der Waals surface area contributed by atoms with Crippen molar-refractivity contribution >= 4 is 17.2 Å². The number of nitrogens with zero attached hydrogens (tertiary/aromatic N) is 1. The van der Waals surface area contributed by atoms with Crippen LogP contribution in [0.15, 0.2) is 23.1 Å². The Morgan fingerprint density at radius 1 is 1.71 bits per heavy atom. The maximum absolute atomic E-state index is 11.6. The van der Waals surface area contributed by atoms with Gasteiger partial charge in [-0.3, -0.25) is 4.79 Å². The number of aromatic nitrogens is 1. The molecule has 0 aromatic carbocycles. The van der Waals surface area contributed by atoms with Gasteiger partial charge in [-0.2, -0.15) is 0 Å². The van der Waals surface area contributed by atoms with Crippen molar-refractivity contribution in [1.82, 2.24) is 4.57 Å². The highest BCUT2D eigenvalue weighted by Crippen LogP contribution is 1.99. The van der Waals surface area contributed by atoms with Crippen molar-refractivity contribution in [2.45, 2.75) is 20.4 Å². The van der Waals surface area contributed by atoms with Crippen LogP contribution < -0.4 is 11.3 Å². The summed E-state index contributed by atoms with van der Waals surface area (Å²) in [5.41, 5.74) is 6.25. The molecule has 1 aromatic heterocycles. The number of hydrogen-bond acceptors (Lipinski definition) is 2. The van der Waals surface area contributed by atoms with E-state index in [4.69, 9.17) is 18.0 Å². The van der Waals surface area contributed by atoms with Gasteiger partial charge in [0.1, 0.15) is 0 Å². The van der Waals surface area contributed by atoms with Crippen LogP contribution in [0.25, 0.3) is 0 Å². The zero-order chi connectivity index (χ0) is 10.7. The molecule has 3 nitrogen and oxygen atoms in total. The number of hydrogen-bond donors (Lipinski definition) is 1. The molecule has 0 saturated carbocycles. The summed E-state index contributed by atoms with van der Waals surface area (Å²) in [4.78, 5) is 12.0. The third-order valence-electron chi connectivity index (χ3n) is 2.17. The number of aryl methyl sites for hydroxylation is 1. The van der Waals surface area contributed by atoms with E-state index in [1.165, 1.54) is 0 Å². The van der Waals surface area contributed by atoms with Gasteiger partial charge in [-0.1, -0.05) is 25.2 Å². The summed E-state index contributed by atoms with van der Waals surface area (Å²) >= 11 is 4.86. The Morgan fingerprint density at radius 3 is 2.93 bits per heavy atom. The van der Waals surface area contributed by atoms with Crippen molar-refractivity contribution in [3.8, 4) is 0 Å². The van der Waals surface area contributed by atoms with Crippen molar-refractivity contribution in [2.24, 2.45) is 11.7 Å². The molecule has 14 heavy (non-hydrogen) atoms. The molecule has 0 spiro atoms. The number of rotatable bonds is 3. The zero-order valence-corrected chi connectivity index (χ0v) is 9.17. The summed E-state index contributed by atoms with van der Waals surface area (Å²) < 4.78 is 1.64. The molecule has 1 heterocycles. The Bertz CT molecular complexity index is 397. The summed E-state index contributed by atoms with van der Waals surface area (Å²) in [7, 11) is 0. The van der Waals surface area contributed by atoms with Gasteiger partial charge in [0.15, 0.2) is 0 Å². The third-order valence-corrected chi connectivity index (χ3v) is 2.57. The summed E-state index contributed by atoms with van der Waals surface area (Å²) in [6, 6.07) is 3.65. The van der Waals surface area contributed by atoms with Gasteiger partial charge < -0.3 is 10.3 Å². The van der Waals surface area contributed by atoms with E-state index in [1.807, 2.05) is 13.0 Å². The molecule has 76 valence electrons. The molecule has 0 radical (unpaired) electrons. The average molecular weight is 210 g/mol. The second-order valence-electron chi connectivity index (χ2n) is 3.45. The van der Waals surface area contributed by atoms with Gasteiger partial charge in [-0.15, -0.1) is 0 Å². The Morgan fingerprint density at radius 2 is 2.36 bits per heavy atom. The monoisotopic (exact) mass is 210 g/mol. The smallest absolute Gasteiger partial charge is 0.253 e. The summed E-state index contributed by atoms with van der Waals surface area (Å²) in [5.74, 6) is 0.0458. The van der Waals surface area contributed by atoms with Gasteiger partial charge in [0, 0.05) is 24.2 Å². The van der Waals surface area contributed by atoms with Gasteiger partial charge in [0.25, 0.3) is 5.56 Å². The quantitative estimate of drug-likeness (QED) is 0.759. The molecule has 1 unspecified atom stereocenters. The van der Waals surface area contributed by atoms with Gasteiger partial charge in [-0.25, -0.2) is 0 Å². The molecule has 4 heteroatoms. The maximum Gasteiger partial charge on any atom is 0.253 e. The lowest BCUT2D eigenvalue weighted by Gasteiger charge is -2.11. The van der Waals surface area contributed by atoms with Crippen LogP contribution in [-0.2, 0) is 6.54 Å². The second kappa shape index (κ2) is 4.37. The molecule has 1 aromatic rings. The third kappa shape index (κ3) is 2.42. The van der Waals surface area contributed by atoms with Crippen molar-refractivity contribution in [3.05, 3.63) is 34.2 Å². The first kappa shape index (κ1) is 10.9. The minimum atomic E-state index is 0.0237. The summed E-state index contributed by atoms with van der Waals surface area (Å²) in [6.45, 7) is 4.26. The minimum absolute atomic E-state index is 0.0237. The molecule has 0 aliphatic rings. The molecule has 1 rings (SSSR count). The molecule has 2 N–H and O–H groups in total. The predicted molar refractivity (Wildman–Crippen MR) is 61.4 cm³/mol. The van der Waals surface area contributed by atoms with Crippen LogP contribution in [0.4, 0.5) is 0 Å². The van der Waals surface area contributed by atoms with Gasteiger partial charge in [0.2, 0.25) is 0 Å². The minimum Gasteiger partial charge on any atom is -0.393 e. The van der Waals surface area contributed by atoms with E-state index in [0.717, 1.165) is 5.56 Å². The second-order valence-corrected chi connectivity index (χ2v) is 3.92. The topological polar surface area (TPSA) is 48.0 Å². The zero-order valence-electron chi connectivity index (χ0n) is 8.36. The summed E-state index contributed by atoms with van der Waals surface area (Å²) in [5, 5.41) is 0. The molecule has 1 atom stereocenters. The van der Waals surface area contributed by atoms with Crippen molar-refractivity contribution < 1.29 is 0 Å². The molecule has 0 bridgehead atoms. The van der Waals surface area contributed by atoms with E-state index in [2.05, 4.69) is 0 Å². The number of pyridine rings is 1. The Kier molecular flexibility index (Phi) is 3.41. The molecular formula is C10H14N2OS. The first-order valence-corrected chi connectivity index (χ1v) is 4.88. The lowest BCUT2D eigenvalue weighted by atomic mass is 10.2.